The number of ether oxygens (including phenoxy) is 1. The van der Waals surface area contributed by atoms with Crippen molar-refractivity contribution in [2.45, 2.75) is 50.2 Å². The zero-order valence-electron chi connectivity index (χ0n) is 22.8. The molecule has 0 saturated heterocycles. The molecular formula is C29H31N5O5S. The van der Waals surface area contributed by atoms with E-state index in [-0.39, 0.29) is 23.7 Å². The summed E-state index contributed by atoms with van der Waals surface area (Å²) in [5, 5.41) is 16.1. The number of nitriles is 1. The van der Waals surface area contributed by atoms with E-state index in [1.54, 1.807) is 75.4 Å². The standard InChI is InChI=1S/C29H31N5O5S/c1-5-38-19-29(16-24(33-39-29)21-10-8-9-20(15-21)17-30)27(35)32-26-14-13-22(18-31-26)23-11-6-7-12-25(23)40(36,37)34-28(2,3)4/h6-15,18,34H,5,16,19H2,1-4H3,(H,31,32,35). The van der Waals surface area contributed by atoms with E-state index in [1.807, 2.05) is 6.92 Å². The van der Waals surface area contributed by atoms with Gasteiger partial charge in [-0.15, -0.1) is 0 Å². The lowest BCUT2D eigenvalue weighted by molar-refractivity contribution is -0.146. The van der Waals surface area contributed by atoms with Gasteiger partial charge in [-0.3, -0.25) is 4.79 Å². The highest BCUT2D eigenvalue weighted by molar-refractivity contribution is 7.89. The number of aromatic nitrogens is 1. The van der Waals surface area contributed by atoms with Gasteiger partial charge in [-0.2, -0.15) is 5.26 Å². The van der Waals surface area contributed by atoms with E-state index in [0.717, 1.165) is 0 Å². The van der Waals surface area contributed by atoms with Gasteiger partial charge in [0.2, 0.25) is 15.6 Å². The summed E-state index contributed by atoms with van der Waals surface area (Å²) in [7, 11) is -3.80. The zero-order chi connectivity index (χ0) is 29.0. The fourth-order valence-corrected chi connectivity index (χ4v) is 5.84. The third-order valence-electron chi connectivity index (χ3n) is 5.99. The van der Waals surface area contributed by atoms with Gasteiger partial charge in [0.15, 0.2) is 0 Å². The Bertz CT molecular complexity index is 1570. The molecule has 0 radical (unpaired) electrons. The van der Waals surface area contributed by atoms with Crippen molar-refractivity contribution in [2.24, 2.45) is 5.16 Å². The molecule has 208 valence electrons. The molecule has 2 aromatic carbocycles. The fourth-order valence-electron chi connectivity index (χ4n) is 4.19. The first-order valence-electron chi connectivity index (χ1n) is 12.7. The molecule has 0 fully saturated rings. The van der Waals surface area contributed by atoms with Crippen LogP contribution >= 0.6 is 0 Å². The topological polar surface area (TPSA) is 143 Å². The van der Waals surface area contributed by atoms with Crippen LogP contribution in [0.25, 0.3) is 11.1 Å². The largest absolute Gasteiger partial charge is 0.377 e. The molecule has 0 bridgehead atoms. The summed E-state index contributed by atoms with van der Waals surface area (Å²) in [6.07, 6.45) is 1.64. The Balaban J connectivity index is 1.55. The van der Waals surface area contributed by atoms with Crippen LogP contribution in [0.1, 0.15) is 45.2 Å². The summed E-state index contributed by atoms with van der Waals surface area (Å²) in [6.45, 7) is 7.47. The molecule has 2 heterocycles. The number of hydrogen-bond donors (Lipinski definition) is 2. The van der Waals surface area contributed by atoms with Gasteiger partial charge in [0.05, 0.1) is 28.8 Å². The van der Waals surface area contributed by atoms with Crippen molar-refractivity contribution in [3.63, 3.8) is 0 Å². The van der Waals surface area contributed by atoms with E-state index in [1.165, 1.54) is 12.3 Å². The average molecular weight is 562 g/mol. The predicted molar refractivity (Wildman–Crippen MR) is 151 cm³/mol. The Morgan fingerprint density at radius 3 is 2.58 bits per heavy atom. The number of hydrogen-bond acceptors (Lipinski definition) is 8. The Kier molecular flexibility index (Phi) is 8.34. The Hall–Kier alpha value is -4.11. The number of anilines is 1. The van der Waals surface area contributed by atoms with Crippen molar-refractivity contribution in [3.8, 4) is 17.2 Å². The molecule has 1 aliphatic heterocycles. The second-order valence-electron chi connectivity index (χ2n) is 10.4. The normalized spacial score (nSPS) is 17.0. The first-order chi connectivity index (χ1) is 19.0. The third kappa shape index (κ3) is 6.54. The lowest BCUT2D eigenvalue weighted by atomic mass is 9.93. The average Bonchev–Trinajstić information content (AvgIpc) is 3.37. The highest BCUT2D eigenvalue weighted by atomic mass is 32.2. The van der Waals surface area contributed by atoms with Crippen LogP contribution in [0.3, 0.4) is 0 Å². The van der Waals surface area contributed by atoms with Gasteiger partial charge >= 0.3 is 0 Å². The van der Waals surface area contributed by atoms with Crippen LogP contribution in [0, 0.1) is 11.3 Å². The van der Waals surface area contributed by atoms with E-state index in [0.29, 0.717) is 34.6 Å². The number of benzene rings is 2. The minimum atomic E-state index is -3.80. The maximum Gasteiger partial charge on any atom is 0.275 e. The molecule has 0 saturated carbocycles. The lowest BCUT2D eigenvalue weighted by Crippen LogP contribution is -2.47. The summed E-state index contributed by atoms with van der Waals surface area (Å²) >= 11 is 0. The second-order valence-corrected chi connectivity index (χ2v) is 12.0. The van der Waals surface area contributed by atoms with Gasteiger partial charge in [-0.25, -0.2) is 18.1 Å². The van der Waals surface area contributed by atoms with E-state index >= 15 is 0 Å². The maximum absolute atomic E-state index is 13.4. The van der Waals surface area contributed by atoms with Gasteiger partial charge in [0.1, 0.15) is 5.82 Å². The molecular weight excluding hydrogens is 530 g/mol. The fraction of sp³-hybridized carbons (Fsp3) is 0.310. The zero-order valence-corrected chi connectivity index (χ0v) is 23.6. The predicted octanol–water partition coefficient (Wildman–Crippen LogP) is 4.24. The summed E-state index contributed by atoms with van der Waals surface area (Å²) in [4.78, 5) is 23.6. The Labute approximate surface area is 234 Å². The highest BCUT2D eigenvalue weighted by Crippen LogP contribution is 2.31. The molecule has 3 aromatic rings. The van der Waals surface area contributed by atoms with Gasteiger partial charge < -0.3 is 14.9 Å². The quantitative estimate of drug-likeness (QED) is 0.398. The van der Waals surface area contributed by atoms with Crippen molar-refractivity contribution in [1.82, 2.24) is 9.71 Å². The van der Waals surface area contributed by atoms with Crippen LogP contribution in [0.4, 0.5) is 5.82 Å². The molecule has 0 aliphatic carbocycles. The first-order valence-corrected chi connectivity index (χ1v) is 14.2. The van der Waals surface area contributed by atoms with E-state index < -0.39 is 27.1 Å². The molecule has 40 heavy (non-hydrogen) atoms. The molecule has 1 unspecified atom stereocenters. The van der Waals surface area contributed by atoms with Crippen LogP contribution < -0.4 is 10.0 Å². The van der Waals surface area contributed by atoms with Crippen molar-refractivity contribution in [3.05, 3.63) is 78.0 Å². The monoisotopic (exact) mass is 561 g/mol. The minimum absolute atomic E-state index is 0.0373. The molecule has 11 heteroatoms. The van der Waals surface area contributed by atoms with Crippen LogP contribution in [-0.4, -0.2) is 49.4 Å². The molecule has 2 N–H and O–H groups in total. The molecule has 1 atom stereocenters. The lowest BCUT2D eigenvalue weighted by Gasteiger charge is -2.25. The van der Waals surface area contributed by atoms with Crippen LogP contribution in [0.2, 0.25) is 0 Å². The number of nitrogens with zero attached hydrogens (tertiary/aromatic N) is 3. The summed E-state index contributed by atoms with van der Waals surface area (Å²) in [6, 6.07) is 18.9. The third-order valence-corrected chi connectivity index (χ3v) is 7.81. The van der Waals surface area contributed by atoms with Crippen LogP contribution in [-0.2, 0) is 24.4 Å². The van der Waals surface area contributed by atoms with Gasteiger partial charge in [-0.05, 0) is 58.0 Å². The molecule has 4 rings (SSSR count). The number of rotatable bonds is 9. The molecule has 10 nitrogen and oxygen atoms in total. The van der Waals surface area contributed by atoms with E-state index in [4.69, 9.17) is 9.57 Å². The number of carbonyl (C=O) groups excluding carboxylic acids is 1. The van der Waals surface area contributed by atoms with Crippen LogP contribution in [0.15, 0.2) is 76.9 Å². The Morgan fingerprint density at radius 1 is 1.12 bits per heavy atom. The van der Waals surface area contributed by atoms with Crippen molar-refractivity contribution < 1.29 is 22.8 Å². The van der Waals surface area contributed by atoms with Gasteiger partial charge in [-0.1, -0.05) is 35.5 Å². The first kappa shape index (κ1) is 28.9. The number of carbonyl (C=O) groups is 1. The number of sulfonamides is 1. The molecule has 1 aliphatic rings. The van der Waals surface area contributed by atoms with Crippen molar-refractivity contribution in [1.29, 1.82) is 5.26 Å². The number of nitrogens with one attached hydrogen (secondary N) is 2. The van der Waals surface area contributed by atoms with Crippen molar-refractivity contribution in [2.75, 3.05) is 18.5 Å². The molecule has 1 aromatic heterocycles. The smallest absolute Gasteiger partial charge is 0.275 e. The number of amides is 1. The highest BCUT2D eigenvalue weighted by Gasteiger charge is 2.47. The maximum atomic E-state index is 13.4. The minimum Gasteiger partial charge on any atom is -0.377 e. The Morgan fingerprint density at radius 2 is 1.90 bits per heavy atom. The molecule has 1 amide bonds. The SMILES string of the molecule is CCOCC1(C(=O)Nc2ccc(-c3ccccc3S(=O)(=O)NC(C)(C)C)cn2)CC(c2cccc(C#N)c2)=NO1. The molecule has 0 spiro atoms. The van der Waals surface area contributed by atoms with Crippen molar-refractivity contribution >= 4 is 27.5 Å². The second kappa shape index (κ2) is 11.6. The number of oxime groups is 1. The summed E-state index contributed by atoms with van der Waals surface area (Å²) in [5.74, 6) is -0.241. The summed E-state index contributed by atoms with van der Waals surface area (Å²) in [5.41, 5.74) is 0.652. The number of pyridine rings is 1. The van der Waals surface area contributed by atoms with E-state index in [9.17, 15) is 18.5 Å². The van der Waals surface area contributed by atoms with Gasteiger partial charge in [0.25, 0.3) is 5.91 Å². The summed E-state index contributed by atoms with van der Waals surface area (Å²) < 4.78 is 34.3. The van der Waals surface area contributed by atoms with E-state index in [2.05, 4.69) is 26.2 Å². The van der Waals surface area contributed by atoms with Gasteiger partial charge in [0, 0.05) is 41.5 Å². The van der Waals surface area contributed by atoms with Crippen LogP contribution in [0.5, 0.6) is 0 Å².